The van der Waals surface area contributed by atoms with Gasteiger partial charge >= 0.3 is 0 Å². The maximum Gasteiger partial charge on any atom is 0.248 e. The van der Waals surface area contributed by atoms with E-state index in [-0.39, 0.29) is 5.41 Å². The minimum atomic E-state index is 0.136. The lowest BCUT2D eigenvalue weighted by Gasteiger charge is -2.18. The van der Waals surface area contributed by atoms with E-state index in [0.717, 1.165) is 11.1 Å². The first-order valence-corrected chi connectivity index (χ1v) is 8.39. The van der Waals surface area contributed by atoms with Crippen molar-refractivity contribution in [3.05, 3.63) is 59.7 Å². The van der Waals surface area contributed by atoms with Gasteiger partial charge in [-0.2, -0.15) is 0 Å². The van der Waals surface area contributed by atoms with Crippen molar-refractivity contribution in [1.82, 2.24) is 10.2 Å². The molecule has 0 atom stereocenters. The van der Waals surface area contributed by atoms with Crippen molar-refractivity contribution in [2.75, 3.05) is 0 Å². The Hall–Kier alpha value is -2.42. The number of aromatic nitrogens is 2. The van der Waals surface area contributed by atoms with E-state index in [1.54, 1.807) is 0 Å². The summed E-state index contributed by atoms with van der Waals surface area (Å²) in [6.07, 6.45) is 0. The summed E-state index contributed by atoms with van der Waals surface area (Å²) in [5.41, 5.74) is 4.62. The lowest BCUT2D eigenvalue weighted by atomic mass is 9.87. The number of nitrogens with zero attached hydrogens (tertiary/aromatic N) is 2. The topological polar surface area (TPSA) is 38.9 Å². The lowest BCUT2D eigenvalue weighted by molar-refractivity contribution is 0.582. The molecule has 0 N–H and O–H groups in total. The van der Waals surface area contributed by atoms with Gasteiger partial charge in [0.15, 0.2) is 0 Å². The third-order valence-corrected chi connectivity index (χ3v) is 4.25. The number of rotatable bonds is 3. The molecule has 0 unspecified atom stereocenters. The molecular weight excluding hydrogens is 296 g/mol. The van der Waals surface area contributed by atoms with E-state index in [1.807, 2.05) is 24.3 Å². The van der Waals surface area contributed by atoms with Crippen molar-refractivity contribution < 1.29 is 4.42 Å². The van der Waals surface area contributed by atoms with Crippen LogP contribution in [-0.2, 0) is 5.41 Å². The van der Waals surface area contributed by atoms with E-state index in [4.69, 9.17) is 4.42 Å². The fourth-order valence-corrected chi connectivity index (χ4v) is 2.58. The van der Waals surface area contributed by atoms with Crippen LogP contribution in [0.5, 0.6) is 0 Å². The van der Waals surface area contributed by atoms with E-state index < -0.39 is 0 Å². The quantitative estimate of drug-likeness (QED) is 0.610. The summed E-state index contributed by atoms with van der Waals surface area (Å²) in [7, 11) is 0. The highest BCUT2D eigenvalue weighted by Gasteiger charge is 2.15. The average molecular weight is 320 g/mol. The standard InChI is InChI=1S/C21H24N2O/c1-14(2)15-6-8-16(9-7-15)19-22-23-20(24-19)17-10-12-18(13-11-17)21(3,4)5/h6-14H,1-5H3. The van der Waals surface area contributed by atoms with Crippen LogP contribution >= 0.6 is 0 Å². The summed E-state index contributed by atoms with van der Waals surface area (Å²) in [4.78, 5) is 0. The Kier molecular flexibility index (Phi) is 4.27. The number of hydrogen-bond donors (Lipinski definition) is 0. The van der Waals surface area contributed by atoms with Crippen LogP contribution < -0.4 is 0 Å². The van der Waals surface area contributed by atoms with Gasteiger partial charge in [0.05, 0.1) is 0 Å². The SMILES string of the molecule is CC(C)c1ccc(-c2nnc(-c3ccc(C(C)(C)C)cc3)o2)cc1. The van der Waals surface area contributed by atoms with Crippen molar-refractivity contribution in [3.63, 3.8) is 0 Å². The highest BCUT2D eigenvalue weighted by molar-refractivity contribution is 5.58. The minimum absolute atomic E-state index is 0.136. The van der Waals surface area contributed by atoms with Gasteiger partial charge in [0, 0.05) is 11.1 Å². The molecule has 0 aliphatic heterocycles. The normalized spacial score (nSPS) is 11.9. The molecule has 0 bridgehead atoms. The Morgan fingerprint density at radius 3 is 1.62 bits per heavy atom. The summed E-state index contributed by atoms with van der Waals surface area (Å²) in [5.74, 6) is 1.62. The molecule has 3 aromatic rings. The second kappa shape index (κ2) is 6.23. The van der Waals surface area contributed by atoms with Crippen LogP contribution in [0.1, 0.15) is 51.7 Å². The maximum atomic E-state index is 5.86. The van der Waals surface area contributed by atoms with Gasteiger partial charge < -0.3 is 4.42 Å². The molecule has 2 aromatic carbocycles. The molecular formula is C21H24N2O. The van der Waals surface area contributed by atoms with Crippen LogP contribution in [0.15, 0.2) is 52.9 Å². The third kappa shape index (κ3) is 3.40. The molecule has 0 aliphatic carbocycles. The van der Waals surface area contributed by atoms with E-state index in [0.29, 0.717) is 17.7 Å². The monoisotopic (exact) mass is 320 g/mol. The average Bonchev–Trinajstić information content (AvgIpc) is 3.04. The Balaban J connectivity index is 1.85. The Labute approximate surface area is 143 Å². The highest BCUT2D eigenvalue weighted by Crippen LogP contribution is 2.28. The summed E-state index contributed by atoms with van der Waals surface area (Å²) >= 11 is 0. The fourth-order valence-electron chi connectivity index (χ4n) is 2.58. The van der Waals surface area contributed by atoms with Crippen LogP contribution in [0, 0.1) is 0 Å². The predicted molar refractivity (Wildman–Crippen MR) is 98.0 cm³/mol. The molecule has 24 heavy (non-hydrogen) atoms. The van der Waals surface area contributed by atoms with Crippen LogP contribution in [0.25, 0.3) is 22.9 Å². The van der Waals surface area contributed by atoms with Crippen molar-refractivity contribution in [3.8, 4) is 22.9 Å². The largest absolute Gasteiger partial charge is 0.416 e. The van der Waals surface area contributed by atoms with Gasteiger partial charge in [0.2, 0.25) is 11.8 Å². The maximum absolute atomic E-state index is 5.86. The molecule has 0 saturated carbocycles. The van der Waals surface area contributed by atoms with Gasteiger partial charge in [-0.05, 0) is 46.7 Å². The molecule has 0 fully saturated rings. The molecule has 1 aromatic heterocycles. The van der Waals surface area contributed by atoms with Crippen LogP contribution in [-0.4, -0.2) is 10.2 Å². The van der Waals surface area contributed by atoms with E-state index in [1.165, 1.54) is 11.1 Å². The summed E-state index contributed by atoms with van der Waals surface area (Å²) in [6, 6.07) is 16.6. The molecule has 3 heteroatoms. The Morgan fingerprint density at radius 1 is 0.750 bits per heavy atom. The van der Waals surface area contributed by atoms with Gasteiger partial charge in [-0.15, -0.1) is 10.2 Å². The van der Waals surface area contributed by atoms with Crippen molar-refractivity contribution in [1.29, 1.82) is 0 Å². The highest BCUT2D eigenvalue weighted by atomic mass is 16.4. The second-order valence-electron chi connectivity index (χ2n) is 7.52. The van der Waals surface area contributed by atoms with Gasteiger partial charge in [0.25, 0.3) is 0 Å². The molecule has 1 heterocycles. The molecule has 0 aliphatic rings. The van der Waals surface area contributed by atoms with Crippen LogP contribution in [0.4, 0.5) is 0 Å². The smallest absolute Gasteiger partial charge is 0.248 e. The first-order chi connectivity index (χ1) is 11.3. The second-order valence-corrected chi connectivity index (χ2v) is 7.52. The molecule has 0 saturated heterocycles. The van der Waals surface area contributed by atoms with Gasteiger partial charge in [-0.3, -0.25) is 0 Å². The minimum Gasteiger partial charge on any atom is -0.416 e. The van der Waals surface area contributed by atoms with Gasteiger partial charge in [0.1, 0.15) is 0 Å². The van der Waals surface area contributed by atoms with Crippen molar-refractivity contribution in [2.24, 2.45) is 0 Å². The van der Waals surface area contributed by atoms with E-state index in [9.17, 15) is 0 Å². The fraction of sp³-hybridized carbons (Fsp3) is 0.333. The van der Waals surface area contributed by atoms with E-state index >= 15 is 0 Å². The molecule has 124 valence electrons. The molecule has 3 rings (SSSR count). The predicted octanol–water partition coefficient (Wildman–Crippen LogP) is 5.82. The summed E-state index contributed by atoms with van der Waals surface area (Å²) < 4.78 is 5.86. The molecule has 0 radical (unpaired) electrons. The van der Waals surface area contributed by atoms with Crippen LogP contribution in [0.3, 0.4) is 0 Å². The zero-order valence-corrected chi connectivity index (χ0v) is 15.0. The lowest BCUT2D eigenvalue weighted by Crippen LogP contribution is -2.10. The molecule has 0 spiro atoms. The summed E-state index contributed by atoms with van der Waals surface area (Å²) in [6.45, 7) is 11.0. The molecule has 0 amide bonds. The van der Waals surface area contributed by atoms with Crippen molar-refractivity contribution >= 4 is 0 Å². The third-order valence-electron chi connectivity index (χ3n) is 4.25. The van der Waals surface area contributed by atoms with Gasteiger partial charge in [-0.1, -0.05) is 58.9 Å². The van der Waals surface area contributed by atoms with E-state index in [2.05, 4.69) is 69.1 Å². The Bertz CT molecular complexity index is 806. The zero-order valence-electron chi connectivity index (χ0n) is 15.0. The van der Waals surface area contributed by atoms with Crippen LogP contribution in [0.2, 0.25) is 0 Å². The summed E-state index contributed by atoms with van der Waals surface area (Å²) in [5, 5.41) is 8.39. The zero-order chi connectivity index (χ0) is 17.3. The molecule has 3 nitrogen and oxygen atoms in total. The number of benzene rings is 2. The first-order valence-electron chi connectivity index (χ1n) is 8.39. The Morgan fingerprint density at radius 2 is 1.21 bits per heavy atom. The van der Waals surface area contributed by atoms with Gasteiger partial charge in [-0.25, -0.2) is 0 Å². The first kappa shape index (κ1) is 16.4. The number of hydrogen-bond acceptors (Lipinski definition) is 3. The van der Waals surface area contributed by atoms with Crippen molar-refractivity contribution in [2.45, 2.75) is 46.0 Å².